The maximum Gasteiger partial charge on any atom is 0.326 e. The maximum atomic E-state index is 11.6. The van der Waals surface area contributed by atoms with Crippen LogP contribution in [0.25, 0.3) is 6.08 Å². The predicted octanol–water partition coefficient (Wildman–Crippen LogP) is 3.18. The van der Waals surface area contributed by atoms with E-state index in [2.05, 4.69) is 42.5 Å². The van der Waals surface area contributed by atoms with Gasteiger partial charge in [-0.15, -0.1) is 0 Å². The van der Waals surface area contributed by atoms with Gasteiger partial charge in [-0.2, -0.15) is 0 Å². The van der Waals surface area contributed by atoms with Crippen LogP contribution < -0.4 is 15.4 Å². The van der Waals surface area contributed by atoms with E-state index in [-0.39, 0.29) is 11.8 Å². The summed E-state index contributed by atoms with van der Waals surface area (Å²) < 4.78 is 7.34. The van der Waals surface area contributed by atoms with Gasteiger partial charge in [0.25, 0.3) is 5.91 Å². The average Bonchev–Trinajstić information content (AvgIpc) is 2.62. The second kappa shape index (κ2) is 5.97. The quantitative estimate of drug-likeness (QED) is 0.601. The fraction of sp³-hybridized carbons (Fsp3) is 0.231. The van der Waals surface area contributed by atoms with Crippen LogP contribution in [0.3, 0.4) is 0 Å². The molecule has 20 heavy (non-hydrogen) atoms. The summed E-state index contributed by atoms with van der Waals surface area (Å²) in [4.78, 5) is 22.7. The number of rotatable bonds is 3. The lowest BCUT2D eigenvalue weighted by Crippen LogP contribution is -2.22. The molecule has 0 radical (unpaired) electrons. The molecule has 0 spiro atoms. The van der Waals surface area contributed by atoms with Crippen LogP contribution in [-0.2, 0) is 4.79 Å². The highest BCUT2D eigenvalue weighted by Gasteiger charge is 2.23. The Hall–Kier alpha value is -1.34. The van der Waals surface area contributed by atoms with Gasteiger partial charge in [0.05, 0.1) is 10.6 Å². The number of imide groups is 1. The minimum absolute atomic E-state index is 0.0170. The highest BCUT2D eigenvalue weighted by molar-refractivity contribution is 9.11. The van der Waals surface area contributed by atoms with Crippen molar-refractivity contribution < 1.29 is 14.3 Å². The number of benzene rings is 1. The monoisotopic (exact) mass is 402 g/mol. The number of carbonyl (C=O) groups is 2. The molecule has 0 saturated carbocycles. The van der Waals surface area contributed by atoms with Crippen molar-refractivity contribution in [3.63, 3.8) is 0 Å². The number of ether oxygens (including phenoxy) is 1. The highest BCUT2D eigenvalue weighted by atomic mass is 79.9. The van der Waals surface area contributed by atoms with Gasteiger partial charge in [-0.05, 0) is 48.0 Å². The Bertz CT molecular complexity index is 612. The van der Waals surface area contributed by atoms with Gasteiger partial charge in [-0.1, -0.05) is 15.9 Å². The van der Waals surface area contributed by atoms with Crippen molar-refractivity contribution in [1.82, 2.24) is 10.6 Å². The molecule has 0 aliphatic carbocycles. The number of amides is 3. The Morgan fingerprint density at radius 3 is 2.45 bits per heavy atom. The normalized spacial score (nSPS) is 16.6. The molecule has 1 aromatic rings. The van der Waals surface area contributed by atoms with Gasteiger partial charge in [-0.3, -0.25) is 10.1 Å². The van der Waals surface area contributed by atoms with Gasteiger partial charge < -0.3 is 10.1 Å². The molecule has 106 valence electrons. The summed E-state index contributed by atoms with van der Waals surface area (Å²) in [6.45, 7) is 3.82. The molecule has 2 rings (SSSR count). The van der Waals surface area contributed by atoms with Gasteiger partial charge in [0, 0.05) is 10.0 Å². The molecule has 7 heteroatoms. The van der Waals surface area contributed by atoms with Gasteiger partial charge in [0.1, 0.15) is 11.4 Å². The van der Waals surface area contributed by atoms with E-state index in [0.717, 1.165) is 8.95 Å². The number of hydrogen-bond donors (Lipinski definition) is 2. The Balaban J connectivity index is 2.47. The van der Waals surface area contributed by atoms with Crippen LogP contribution in [0.2, 0.25) is 0 Å². The minimum Gasteiger partial charge on any atom is -0.489 e. The third-order valence-electron chi connectivity index (χ3n) is 2.41. The predicted molar refractivity (Wildman–Crippen MR) is 82.3 cm³/mol. The van der Waals surface area contributed by atoms with E-state index in [4.69, 9.17) is 4.74 Å². The molecule has 3 amide bonds. The topological polar surface area (TPSA) is 67.4 Å². The van der Waals surface area contributed by atoms with Crippen molar-refractivity contribution in [2.24, 2.45) is 0 Å². The molecule has 0 atom stereocenters. The standard InChI is InChI=1S/C13H12Br2N2O3/c1-6(2)20-11-7(3-8(14)5-9(11)15)4-10-12(18)17-13(19)16-10/h3-6H,1-2H3,(H2,16,17,18,19). The zero-order valence-corrected chi connectivity index (χ0v) is 14.0. The summed E-state index contributed by atoms with van der Waals surface area (Å²) in [5, 5.41) is 4.60. The van der Waals surface area contributed by atoms with Crippen LogP contribution in [0.5, 0.6) is 5.75 Å². The van der Waals surface area contributed by atoms with Crippen LogP contribution in [-0.4, -0.2) is 18.0 Å². The van der Waals surface area contributed by atoms with Gasteiger partial charge in [0.2, 0.25) is 0 Å². The minimum atomic E-state index is -0.526. The number of hydrogen-bond acceptors (Lipinski definition) is 3. The molecule has 1 heterocycles. The second-order valence-electron chi connectivity index (χ2n) is 4.44. The molecule has 1 saturated heterocycles. The van der Waals surface area contributed by atoms with Crippen LogP contribution >= 0.6 is 31.9 Å². The Morgan fingerprint density at radius 2 is 1.90 bits per heavy atom. The molecular formula is C13H12Br2N2O3. The molecule has 1 aliphatic rings. The van der Waals surface area contributed by atoms with Crippen molar-refractivity contribution in [3.8, 4) is 5.75 Å². The summed E-state index contributed by atoms with van der Waals surface area (Å²) in [7, 11) is 0. The summed E-state index contributed by atoms with van der Waals surface area (Å²) in [6, 6.07) is 3.14. The lowest BCUT2D eigenvalue weighted by molar-refractivity contribution is -0.115. The van der Waals surface area contributed by atoms with Crippen molar-refractivity contribution in [3.05, 3.63) is 32.3 Å². The van der Waals surface area contributed by atoms with Crippen molar-refractivity contribution in [1.29, 1.82) is 0 Å². The third-order valence-corrected chi connectivity index (χ3v) is 3.46. The summed E-state index contributed by atoms with van der Waals surface area (Å²) >= 11 is 6.82. The van der Waals surface area contributed by atoms with Gasteiger partial charge in [0.15, 0.2) is 0 Å². The number of urea groups is 1. The van der Waals surface area contributed by atoms with E-state index in [0.29, 0.717) is 11.3 Å². The fourth-order valence-electron chi connectivity index (χ4n) is 1.69. The SMILES string of the molecule is CC(C)Oc1c(Br)cc(Br)cc1C=C1NC(=O)NC1=O. The smallest absolute Gasteiger partial charge is 0.326 e. The van der Waals surface area contributed by atoms with E-state index >= 15 is 0 Å². The first-order valence-corrected chi connectivity index (χ1v) is 7.45. The molecular weight excluding hydrogens is 392 g/mol. The molecule has 0 unspecified atom stereocenters. The van der Waals surface area contributed by atoms with Gasteiger partial charge >= 0.3 is 6.03 Å². The zero-order chi connectivity index (χ0) is 14.9. The van der Waals surface area contributed by atoms with Crippen LogP contribution in [0.4, 0.5) is 4.79 Å². The Kier molecular flexibility index (Phi) is 4.49. The number of nitrogens with one attached hydrogen (secondary N) is 2. The maximum absolute atomic E-state index is 11.6. The summed E-state index contributed by atoms with van der Waals surface area (Å²) in [5.74, 6) is 0.159. The molecule has 5 nitrogen and oxygen atoms in total. The molecule has 1 fully saturated rings. The summed E-state index contributed by atoms with van der Waals surface area (Å²) in [5.41, 5.74) is 0.876. The van der Waals surface area contributed by atoms with E-state index in [9.17, 15) is 9.59 Å². The molecule has 0 bridgehead atoms. The van der Waals surface area contributed by atoms with E-state index < -0.39 is 11.9 Å². The average molecular weight is 404 g/mol. The van der Waals surface area contributed by atoms with Crippen LogP contribution in [0.1, 0.15) is 19.4 Å². The van der Waals surface area contributed by atoms with E-state index in [1.165, 1.54) is 0 Å². The first kappa shape index (κ1) is 15.1. The Morgan fingerprint density at radius 1 is 1.20 bits per heavy atom. The van der Waals surface area contributed by atoms with Crippen LogP contribution in [0.15, 0.2) is 26.8 Å². The van der Waals surface area contributed by atoms with E-state index in [1.807, 2.05) is 26.0 Å². The van der Waals surface area contributed by atoms with Crippen molar-refractivity contribution >= 4 is 49.9 Å². The van der Waals surface area contributed by atoms with Crippen LogP contribution in [0, 0.1) is 0 Å². The zero-order valence-electron chi connectivity index (χ0n) is 10.8. The molecule has 1 aromatic carbocycles. The first-order valence-electron chi connectivity index (χ1n) is 5.86. The fourth-order valence-corrected chi connectivity index (χ4v) is 3.04. The lowest BCUT2D eigenvalue weighted by Gasteiger charge is -2.15. The molecule has 1 aliphatic heterocycles. The first-order chi connectivity index (χ1) is 9.36. The number of carbonyl (C=O) groups excluding carboxylic acids is 2. The summed E-state index contributed by atoms with van der Waals surface area (Å²) in [6.07, 6.45) is 1.56. The largest absolute Gasteiger partial charge is 0.489 e. The molecule has 2 N–H and O–H groups in total. The van der Waals surface area contributed by atoms with Crippen molar-refractivity contribution in [2.45, 2.75) is 20.0 Å². The van der Waals surface area contributed by atoms with Crippen molar-refractivity contribution in [2.75, 3.05) is 0 Å². The third kappa shape index (κ3) is 3.40. The Labute approximate surface area is 133 Å². The van der Waals surface area contributed by atoms with Gasteiger partial charge in [-0.25, -0.2) is 4.79 Å². The van der Waals surface area contributed by atoms with E-state index in [1.54, 1.807) is 6.08 Å². The molecule has 0 aromatic heterocycles. The number of halogens is 2. The second-order valence-corrected chi connectivity index (χ2v) is 6.21. The highest BCUT2D eigenvalue weighted by Crippen LogP contribution is 2.35. The lowest BCUT2D eigenvalue weighted by atomic mass is 10.1.